The summed E-state index contributed by atoms with van der Waals surface area (Å²) in [6.07, 6.45) is 0.196. The van der Waals surface area contributed by atoms with E-state index in [0.717, 1.165) is 11.1 Å². The number of hydrogen-bond donors (Lipinski definition) is 2. The molecule has 3 aromatic rings. The molecule has 0 aromatic heterocycles. The van der Waals surface area contributed by atoms with Gasteiger partial charge >= 0.3 is 0 Å². The lowest BCUT2D eigenvalue weighted by Gasteiger charge is -2.19. The van der Waals surface area contributed by atoms with Crippen LogP contribution < -0.4 is 10.0 Å². The zero-order chi connectivity index (χ0) is 21.6. The van der Waals surface area contributed by atoms with Crippen molar-refractivity contribution in [1.82, 2.24) is 10.0 Å². The summed E-state index contributed by atoms with van der Waals surface area (Å²) in [5.74, 6) is -0.822. The monoisotopic (exact) mass is 426 g/mol. The van der Waals surface area contributed by atoms with Gasteiger partial charge < -0.3 is 5.32 Å². The van der Waals surface area contributed by atoms with E-state index in [4.69, 9.17) is 0 Å². The highest BCUT2D eigenvalue weighted by Crippen LogP contribution is 2.13. The number of carbonyl (C=O) groups is 1. The fourth-order valence-corrected chi connectivity index (χ4v) is 4.12. The van der Waals surface area contributed by atoms with Crippen molar-refractivity contribution in [3.63, 3.8) is 0 Å². The van der Waals surface area contributed by atoms with Gasteiger partial charge in [-0.3, -0.25) is 4.79 Å². The van der Waals surface area contributed by atoms with E-state index in [1.807, 2.05) is 37.3 Å². The van der Waals surface area contributed by atoms with Crippen LogP contribution in [0.5, 0.6) is 0 Å². The van der Waals surface area contributed by atoms with E-state index in [2.05, 4.69) is 10.0 Å². The van der Waals surface area contributed by atoms with E-state index in [0.29, 0.717) is 5.56 Å². The molecule has 0 aliphatic heterocycles. The van der Waals surface area contributed by atoms with Gasteiger partial charge in [-0.05, 0) is 48.7 Å². The fourth-order valence-electron chi connectivity index (χ4n) is 2.93. The van der Waals surface area contributed by atoms with Gasteiger partial charge in [0.15, 0.2) is 0 Å². The van der Waals surface area contributed by atoms with Crippen molar-refractivity contribution < 1.29 is 17.6 Å². The number of nitrogens with one attached hydrogen (secondary N) is 2. The lowest BCUT2D eigenvalue weighted by Crippen LogP contribution is -2.47. The summed E-state index contributed by atoms with van der Waals surface area (Å²) in [6, 6.07) is 20.4. The largest absolute Gasteiger partial charge is 0.351 e. The molecule has 0 unspecified atom stereocenters. The molecule has 1 atom stereocenters. The molecule has 0 aliphatic carbocycles. The van der Waals surface area contributed by atoms with Gasteiger partial charge in [0, 0.05) is 6.54 Å². The predicted molar refractivity (Wildman–Crippen MR) is 114 cm³/mol. The first-order valence-corrected chi connectivity index (χ1v) is 11.0. The Morgan fingerprint density at radius 1 is 0.900 bits per heavy atom. The van der Waals surface area contributed by atoms with Crippen molar-refractivity contribution in [3.05, 3.63) is 101 Å². The normalized spacial score (nSPS) is 12.3. The zero-order valence-corrected chi connectivity index (χ0v) is 17.3. The van der Waals surface area contributed by atoms with E-state index in [-0.39, 0.29) is 23.7 Å². The summed E-state index contributed by atoms with van der Waals surface area (Å²) in [6.45, 7) is 2.03. The van der Waals surface area contributed by atoms with E-state index < -0.39 is 22.0 Å². The van der Waals surface area contributed by atoms with Crippen LogP contribution in [0.1, 0.15) is 16.7 Å². The van der Waals surface area contributed by atoms with Crippen LogP contribution in [-0.4, -0.2) is 20.4 Å². The Hall–Kier alpha value is -3.03. The number of carbonyl (C=O) groups excluding carboxylic acids is 1. The van der Waals surface area contributed by atoms with Crippen molar-refractivity contribution in [2.75, 3.05) is 0 Å². The van der Waals surface area contributed by atoms with Gasteiger partial charge in [0.25, 0.3) is 0 Å². The summed E-state index contributed by atoms with van der Waals surface area (Å²) in [4.78, 5) is 12.9. The second-order valence-electron chi connectivity index (χ2n) is 7.02. The summed E-state index contributed by atoms with van der Waals surface area (Å²) in [7, 11) is -3.89. The first-order chi connectivity index (χ1) is 14.3. The van der Waals surface area contributed by atoms with Crippen LogP contribution >= 0.6 is 0 Å². The molecule has 3 aromatic carbocycles. The molecule has 0 saturated carbocycles. The van der Waals surface area contributed by atoms with Gasteiger partial charge in [-0.15, -0.1) is 0 Å². The molecule has 7 heteroatoms. The lowest BCUT2D eigenvalue weighted by atomic mass is 10.1. The Bertz CT molecular complexity index is 1080. The third-order valence-electron chi connectivity index (χ3n) is 4.61. The van der Waals surface area contributed by atoms with Gasteiger partial charge in [-0.25, -0.2) is 12.8 Å². The Morgan fingerprint density at radius 2 is 1.53 bits per heavy atom. The third-order valence-corrected chi connectivity index (χ3v) is 6.10. The first-order valence-electron chi connectivity index (χ1n) is 9.48. The molecule has 0 heterocycles. The SMILES string of the molecule is Cc1ccc(S(=O)(=O)N[C@@H](Cc2ccccc2)C(=O)NCc2ccc(F)cc2)cc1. The Labute approximate surface area is 176 Å². The van der Waals surface area contributed by atoms with Crippen molar-refractivity contribution in [1.29, 1.82) is 0 Å². The number of halogens is 1. The Kier molecular flexibility index (Phi) is 6.97. The Morgan fingerprint density at radius 3 is 2.17 bits per heavy atom. The summed E-state index contributed by atoms with van der Waals surface area (Å²) < 4.78 is 41.2. The minimum Gasteiger partial charge on any atom is -0.351 e. The minimum absolute atomic E-state index is 0.0949. The third kappa shape index (κ3) is 5.98. The summed E-state index contributed by atoms with van der Waals surface area (Å²) in [5, 5.41) is 2.73. The van der Waals surface area contributed by atoms with Crippen LogP contribution in [0.4, 0.5) is 4.39 Å². The second-order valence-corrected chi connectivity index (χ2v) is 8.73. The maximum atomic E-state index is 13.1. The standard InChI is InChI=1S/C23H23FN2O3S/c1-17-7-13-21(14-8-17)30(28,29)26-22(15-18-5-3-2-4-6-18)23(27)25-16-19-9-11-20(24)12-10-19/h2-14,22,26H,15-16H2,1H3,(H,25,27)/t22-/m0/s1. The number of aryl methyl sites for hydroxylation is 1. The van der Waals surface area contributed by atoms with Crippen molar-refractivity contribution in [2.24, 2.45) is 0 Å². The van der Waals surface area contributed by atoms with Gasteiger partial charge in [0.05, 0.1) is 4.90 Å². The molecule has 1 amide bonds. The minimum atomic E-state index is -3.89. The molecule has 0 saturated heterocycles. The van der Waals surface area contributed by atoms with Crippen LogP contribution in [0, 0.1) is 12.7 Å². The maximum Gasteiger partial charge on any atom is 0.241 e. The molecule has 156 valence electrons. The van der Waals surface area contributed by atoms with Gasteiger partial charge in [0.2, 0.25) is 15.9 Å². The van der Waals surface area contributed by atoms with E-state index >= 15 is 0 Å². The molecule has 5 nitrogen and oxygen atoms in total. The van der Waals surface area contributed by atoms with Gasteiger partial charge in [-0.1, -0.05) is 60.2 Å². The number of benzene rings is 3. The van der Waals surface area contributed by atoms with Gasteiger partial charge in [-0.2, -0.15) is 4.72 Å². The van der Waals surface area contributed by atoms with Crippen molar-refractivity contribution in [2.45, 2.75) is 30.8 Å². The maximum absolute atomic E-state index is 13.1. The number of sulfonamides is 1. The van der Waals surface area contributed by atoms with Crippen LogP contribution in [0.2, 0.25) is 0 Å². The highest BCUT2D eigenvalue weighted by Gasteiger charge is 2.26. The molecule has 30 heavy (non-hydrogen) atoms. The quantitative estimate of drug-likeness (QED) is 0.580. The Balaban J connectivity index is 1.77. The first kappa shape index (κ1) is 21.7. The molecule has 0 aliphatic rings. The summed E-state index contributed by atoms with van der Waals surface area (Å²) >= 11 is 0. The topological polar surface area (TPSA) is 75.3 Å². The summed E-state index contributed by atoms with van der Waals surface area (Å²) in [5.41, 5.74) is 2.47. The molecule has 3 rings (SSSR count). The average molecular weight is 427 g/mol. The highest BCUT2D eigenvalue weighted by atomic mass is 32.2. The smallest absolute Gasteiger partial charge is 0.241 e. The molecular formula is C23H23FN2O3S. The van der Waals surface area contributed by atoms with Crippen LogP contribution in [0.3, 0.4) is 0 Å². The highest BCUT2D eigenvalue weighted by molar-refractivity contribution is 7.89. The van der Waals surface area contributed by atoms with Crippen LogP contribution in [0.25, 0.3) is 0 Å². The number of hydrogen-bond acceptors (Lipinski definition) is 3. The van der Waals surface area contributed by atoms with E-state index in [9.17, 15) is 17.6 Å². The molecule has 2 N–H and O–H groups in total. The van der Waals surface area contributed by atoms with Crippen molar-refractivity contribution in [3.8, 4) is 0 Å². The number of amides is 1. The predicted octanol–water partition coefficient (Wildman–Crippen LogP) is 3.34. The molecule has 0 radical (unpaired) electrons. The average Bonchev–Trinajstić information content (AvgIpc) is 2.73. The molecule has 0 bridgehead atoms. The van der Waals surface area contributed by atoms with Gasteiger partial charge in [0.1, 0.15) is 11.9 Å². The molecular weight excluding hydrogens is 403 g/mol. The van der Waals surface area contributed by atoms with E-state index in [1.165, 1.54) is 24.3 Å². The lowest BCUT2D eigenvalue weighted by molar-refractivity contribution is -0.122. The molecule has 0 spiro atoms. The van der Waals surface area contributed by atoms with Crippen LogP contribution in [-0.2, 0) is 27.8 Å². The second kappa shape index (κ2) is 9.65. The fraction of sp³-hybridized carbons (Fsp3) is 0.174. The van der Waals surface area contributed by atoms with E-state index in [1.54, 1.807) is 24.3 Å². The van der Waals surface area contributed by atoms with Crippen LogP contribution in [0.15, 0.2) is 83.8 Å². The molecule has 0 fully saturated rings. The van der Waals surface area contributed by atoms with Crippen molar-refractivity contribution >= 4 is 15.9 Å². The number of rotatable bonds is 8. The zero-order valence-electron chi connectivity index (χ0n) is 16.5.